The summed E-state index contributed by atoms with van der Waals surface area (Å²) >= 11 is 6.43. The Morgan fingerprint density at radius 2 is 1.86 bits per heavy atom. The number of benzene rings is 2. The van der Waals surface area contributed by atoms with Gasteiger partial charge >= 0.3 is 0 Å². The van der Waals surface area contributed by atoms with Gasteiger partial charge in [-0.25, -0.2) is 0 Å². The van der Waals surface area contributed by atoms with Crippen molar-refractivity contribution in [3.63, 3.8) is 0 Å². The molecule has 1 aliphatic rings. The number of aromatic nitrogens is 1. The Labute approximate surface area is 128 Å². The van der Waals surface area contributed by atoms with Crippen LogP contribution in [0.1, 0.15) is 34.9 Å². The average Bonchev–Trinajstić information content (AvgIpc) is 3.09. The molecule has 0 spiro atoms. The topological polar surface area (TPSA) is 41.8 Å². The Hall–Kier alpha value is -1.77. The number of fused-ring (bicyclic) bond motifs is 2. The smallest absolute Gasteiger partial charge is 0.0502 e. The highest BCUT2D eigenvalue weighted by Crippen LogP contribution is 2.47. The summed E-state index contributed by atoms with van der Waals surface area (Å²) in [7, 11) is 0. The monoisotopic (exact) mass is 296 g/mol. The normalized spacial score (nSPS) is 20.9. The van der Waals surface area contributed by atoms with E-state index in [-0.39, 0.29) is 0 Å². The summed E-state index contributed by atoms with van der Waals surface area (Å²) < 4.78 is 0. The van der Waals surface area contributed by atoms with Gasteiger partial charge in [0.1, 0.15) is 0 Å². The van der Waals surface area contributed by atoms with Crippen LogP contribution in [0.2, 0.25) is 5.02 Å². The van der Waals surface area contributed by atoms with Gasteiger partial charge < -0.3 is 10.7 Å². The summed E-state index contributed by atoms with van der Waals surface area (Å²) in [6.07, 6.45) is 3.17. The molecule has 0 fully saturated rings. The van der Waals surface area contributed by atoms with Crippen molar-refractivity contribution >= 4 is 22.5 Å². The van der Waals surface area contributed by atoms with Gasteiger partial charge in [0.25, 0.3) is 0 Å². The highest BCUT2D eigenvalue weighted by Gasteiger charge is 2.32. The van der Waals surface area contributed by atoms with E-state index >= 15 is 0 Å². The molecule has 1 aromatic heterocycles. The second-order valence-corrected chi connectivity index (χ2v) is 6.16. The van der Waals surface area contributed by atoms with E-state index in [1.165, 1.54) is 16.7 Å². The van der Waals surface area contributed by atoms with Crippen LogP contribution in [0.4, 0.5) is 0 Å². The van der Waals surface area contributed by atoms with Crippen LogP contribution in [0.5, 0.6) is 0 Å². The molecular weight excluding hydrogens is 280 g/mol. The largest absolute Gasteiger partial charge is 0.361 e. The summed E-state index contributed by atoms with van der Waals surface area (Å²) in [5.41, 5.74) is 11.2. The first-order valence-electron chi connectivity index (χ1n) is 7.34. The van der Waals surface area contributed by atoms with Gasteiger partial charge in [-0.3, -0.25) is 0 Å². The lowest BCUT2D eigenvalue weighted by molar-refractivity contribution is 0.647. The number of rotatable bonds is 2. The highest BCUT2D eigenvalue weighted by atomic mass is 35.5. The molecule has 3 N–H and O–H groups in total. The second kappa shape index (κ2) is 4.90. The minimum atomic E-state index is 0.378. The summed E-state index contributed by atoms with van der Waals surface area (Å²) in [6.45, 7) is 0.698. The van der Waals surface area contributed by atoms with Gasteiger partial charge in [-0.1, -0.05) is 41.9 Å². The standard InChI is InChI=1S/C18H17ClN2/c19-16-6-3-7-17-18(16)15(10-21-17)14-8-11(9-20)12-4-1-2-5-13(12)14/h1-7,10-11,14,21H,8-9,20H2. The Bertz CT molecular complexity index is 806. The van der Waals surface area contributed by atoms with Crippen molar-refractivity contribution in [2.75, 3.05) is 6.54 Å². The maximum atomic E-state index is 6.43. The molecule has 0 saturated carbocycles. The number of H-pyrrole nitrogens is 1. The van der Waals surface area contributed by atoms with Crippen molar-refractivity contribution in [3.05, 3.63) is 70.4 Å². The molecule has 0 amide bonds. The molecule has 2 aromatic carbocycles. The number of hydrogen-bond acceptors (Lipinski definition) is 1. The predicted octanol–water partition coefficient (Wildman–Crippen LogP) is 4.40. The first-order chi connectivity index (χ1) is 10.3. The fourth-order valence-corrected chi connectivity index (χ4v) is 3.98. The van der Waals surface area contributed by atoms with E-state index in [4.69, 9.17) is 17.3 Å². The molecule has 2 unspecified atom stereocenters. The van der Waals surface area contributed by atoms with E-state index in [1.54, 1.807) is 0 Å². The summed E-state index contributed by atoms with van der Waals surface area (Å²) in [5, 5.41) is 1.97. The van der Waals surface area contributed by atoms with E-state index < -0.39 is 0 Å². The fraction of sp³-hybridized carbons (Fsp3) is 0.222. The molecule has 21 heavy (non-hydrogen) atoms. The third-order valence-electron chi connectivity index (χ3n) is 4.68. The van der Waals surface area contributed by atoms with E-state index in [2.05, 4.69) is 41.5 Å². The molecule has 1 heterocycles. The molecule has 106 valence electrons. The van der Waals surface area contributed by atoms with Gasteiger partial charge in [-0.15, -0.1) is 0 Å². The van der Waals surface area contributed by atoms with Crippen molar-refractivity contribution in [1.29, 1.82) is 0 Å². The van der Waals surface area contributed by atoms with Crippen molar-refractivity contribution in [2.24, 2.45) is 5.73 Å². The van der Waals surface area contributed by atoms with Crippen LogP contribution < -0.4 is 5.73 Å². The Morgan fingerprint density at radius 3 is 2.67 bits per heavy atom. The van der Waals surface area contributed by atoms with Crippen molar-refractivity contribution in [2.45, 2.75) is 18.3 Å². The number of nitrogens with two attached hydrogens (primary N) is 1. The molecule has 1 aliphatic carbocycles. The fourth-order valence-electron chi connectivity index (χ4n) is 3.70. The number of hydrogen-bond donors (Lipinski definition) is 2. The molecule has 0 aliphatic heterocycles. The van der Waals surface area contributed by atoms with Crippen molar-refractivity contribution < 1.29 is 0 Å². The van der Waals surface area contributed by atoms with Crippen LogP contribution in [0, 0.1) is 0 Å². The van der Waals surface area contributed by atoms with E-state index in [1.807, 2.05) is 12.1 Å². The first kappa shape index (κ1) is 12.9. The average molecular weight is 297 g/mol. The first-order valence-corrected chi connectivity index (χ1v) is 7.71. The molecular formula is C18H17ClN2. The molecule has 0 saturated heterocycles. The van der Waals surface area contributed by atoms with Crippen LogP contribution >= 0.6 is 11.6 Å². The summed E-state index contributed by atoms with van der Waals surface area (Å²) in [4.78, 5) is 3.35. The van der Waals surface area contributed by atoms with E-state index in [0.29, 0.717) is 18.4 Å². The zero-order valence-corrected chi connectivity index (χ0v) is 12.4. The highest BCUT2D eigenvalue weighted by molar-refractivity contribution is 6.35. The van der Waals surface area contributed by atoms with Crippen LogP contribution in [-0.4, -0.2) is 11.5 Å². The third kappa shape index (κ3) is 1.90. The van der Waals surface area contributed by atoms with Gasteiger partial charge in [-0.05, 0) is 47.7 Å². The second-order valence-electron chi connectivity index (χ2n) is 5.76. The molecule has 2 atom stereocenters. The Kier molecular flexibility index (Phi) is 3.02. The minimum absolute atomic E-state index is 0.378. The molecule has 0 bridgehead atoms. The quantitative estimate of drug-likeness (QED) is 0.723. The molecule has 3 heteroatoms. The maximum Gasteiger partial charge on any atom is 0.0502 e. The van der Waals surface area contributed by atoms with Gasteiger partial charge in [0, 0.05) is 23.0 Å². The number of aromatic amines is 1. The number of nitrogens with one attached hydrogen (secondary N) is 1. The molecule has 3 aromatic rings. The third-order valence-corrected chi connectivity index (χ3v) is 4.99. The minimum Gasteiger partial charge on any atom is -0.361 e. The van der Waals surface area contributed by atoms with Crippen molar-refractivity contribution in [3.8, 4) is 0 Å². The van der Waals surface area contributed by atoms with Crippen LogP contribution in [0.15, 0.2) is 48.7 Å². The lowest BCUT2D eigenvalue weighted by atomic mass is 9.92. The molecule has 0 radical (unpaired) electrons. The van der Waals surface area contributed by atoms with Gasteiger partial charge in [0.05, 0.1) is 5.02 Å². The Morgan fingerprint density at radius 1 is 1.05 bits per heavy atom. The summed E-state index contributed by atoms with van der Waals surface area (Å²) in [6, 6.07) is 14.7. The lowest BCUT2D eigenvalue weighted by Gasteiger charge is -2.11. The zero-order chi connectivity index (χ0) is 14.4. The van der Waals surface area contributed by atoms with Crippen LogP contribution in [0.25, 0.3) is 10.9 Å². The van der Waals surface area contributed by atoms with Gasteiger partial charge in [0.15, 0.2) is 0 Å². The molecule has 2 nitrogen and oxygen atoms in total. The summed E-state index contributed by atoms with van der Waals surface area (Å²) in [5.74, 6) is 0.821. The lowest BCUT2D eigenvalue weighted by Crippen LogP contribution is -2.09. The van der Waals surface area contributed by atoms with Crippen LogP contribution in [0.3, 0.4) is 0 Å². The van der Waals surface area contributed by atoms with E-state index in [0.717, 1.165) is 22.3 Å². The molecule has 4 rings (SSSR count). The predicted molar refractivity (Wildman–Crippen MR) is 88.0 cm³/mol. The maximum absolute atomic E-state index is 6.43. The SMILES string of the molecule is NCC1CC(c2c[nH]c3cccc(Cl)c23)c2ccccc21. The van der Waals surface area contributed by atoms with Gasteiger partial charge in [0.2, 0.25) is 0 Å². The van der Waals surface area contributed by atoms with Crippen molar-refractivity contribution in [1.82, 2.24) is 4.98 Å². The Balaban J connectivity index is 1.91. The number of halogens is 1. The van der Waals surface area contributed by atoms with Gasteiger partial charge in [-0.2, -0.15) is 0 Å². The zero-order valence-electron chi connectivity index (χ0n) is 11.6. The van der Waals surface area contributed by atoms with E-state index in [9.17, 15) is 0 Å². The van der Waals surface area contributed by atoms with Crippen LogP contribution in [-0.2, 0) is 0 Å².